The molecule has 1 heterocycles. The number of benzene rings is 2. The summed E-state index contributed by atoms with van der Waals surface area (Å²) >= 11 is 3.39. The highest BCUT2D eigenvalue weighted by atomic mass is 79.9. The maximum atomic E-state index is 12.4. The first-order valence-corrected chi connectivity index (χ1v) is 8.63. The number of carbonyl (C=O) groups excluding carboxylic acids is 1. The van der Waals surface area contributed by atoms with Crippen molar-refractivity contribution in [1.82, 2.24) is 4.90 Å². The lowest BCUT2D eigenvalue weighted by Gasteiger charge is -2.26. The number of nitrogens with zero attached hydrogens (tertiary/aromatic N) is 1. The molecule has 1 aliphatic rings. The number of halogens is 1. The SMILES string of the molecule is O=C(c1ccc(Br)cc1)c1ccc(CN2CCCCC2)cc1. The van der Waals surface area contributed by atoms with Gasteiger partial charge < -0.3 is 0 Å². The Bertz CT molecular complexity index is 627. The molecule has 22 heavy (non-hydrogen) atoms. The molecule has 3 rings (SSSR count). The van der Waals surface area contributed by atoms with Gasteiger partial charge in [0, 0.05) is 22.1 Å². The topological polar surface area (TPSA) is 20.3 Å². The fraction of sp³-hybridized carbons (Fsp3) is 0.316. The quantitative estimate of drug-likeness (QED) is 0.741. The number of hydrogen-bond acceptors (Lipinski definition) is 2. The van der Waals surface area contributed by atoms with Gasteiger partial charge in [-0.15, -0.1) is 0 Å². The molecule has 0 spiro atoms. The van der Waals surface area contributed by atoms with Gasteiger partial charge in [0.05, 0.1) is 0 Å². The van der Waals surface area contributed by atoms with E-state index < -0.39 is 0 Å². The van der Waals surface area contributed by atoms with Crippen molar-refractivity contribution in [2.24, 2.45) is 0 Å². The van der Waals surface area contributed by atoms with Crippen LogP contribution in [0.3, 0.4) is 0 Å². The lowest BCUT2D eigenvalue weighted by Crippen LogP contribution is -2.29. The van der Waals surface area contributed by atoms with E-state index in [0.717, 1.165) is 22.1 Å². The van der Waals surface area contributed by atoms with Gasteiger partial charge in [0.1, 0.15) is 0 Å². The molecule has 114 valence electrons. The van der Waals surface area contributed by atoms with Crippen LogP contribution in [0.2, 0.25) is 0 Å². The van der Waals surface area contributed by atoms with Gasteiger partial charge in [0.2, 0.25) is 0 Å². The summed E-state index contributed by atoms with van der Waals surface area (Å²) in [4.78, 5) is 14.9. The summed E-state index contributed by atoms with van der Waals surface area (Å²) < 4.78 is 0.987. The molecule has 0 aromatic heterocycles. The second-order valence-electron chi connectivity index (χ2n) is 5.87. The molecule has 0 N–H and O–H groups in total. The van der Waals surface area contributed by atoms with E-state index in [1.807, 2.05) is 36.4 Å². The number of likely N-dealkylation sites (tertiary alicyclic amines) is 1. The molecule has 0 unspecified atom stereocenters. The fourth-order valence-corrected chi connectivity index (χ4v) is 3.17. The Balaban J connectivity index is 1.68. The van der Waals surface area contributed by atoms with E-state index in [9.17, 15) is 4.79 Å². The molecule has 0 radical (unpaired) electrons. The van der Waals surface area contributed by atoms with E-state index in [4.69, 9.17) is 0 Å². The Labute approximate surface area is 140 Å². The number of ketones is 1. The van der Waals surface area contributed by atoms with Gasteiger partial charge in [0.15, 0.2) is 5.78 Å². The van der Waals surface area contributed by atoms with Crippen LogP contribution < -0.4 is 0 Å². The van der Waals surface area contributed by atoms with Gasteiger partial charge in [-0.1, -0.05) is 46.6 Å². The van der Waals surface area contributed by atoms with Gasteiger partial charge in [-0.25, -0.2) is 0 Å². The maximum Gasteiger partial charge on any atom is 0.193 e. The summed E-state index contributed by atoms with van der Waals surface area (Å²) in [6.45, 7) is 3.38. The van der Waals surface area contributed by atoms with Gasteiger partial charge >= 0.3 is 0 Å². The van der Waals surface area contributed by atoms with E-state index in [1.54, 1.807) is 0 Å². The summed E-state index contributed by atoms with van der Waals surface area (Å²) in [7, 11) is 0. The minimum Gasteiger partial charge on any atom is -0.299 e. The van der Waals surface area contributed by atoms with Gasteiger partial charge in [0.25, 0.3) is 0 Å². The minimum atomic E-state index is 0.0806. The standard InChI is InChI=1S/C19H20BrNO/c20-18-10-8-17(9-11-18)19(22)16-6-4-15(5-7-16)14-21-12-2-1-3-13-21/h4-11H,1-3,12-14H2. The molecular formula is C19H20BrNO. The van der Waals surface area contributed by atoms with Crippen LogP contribution in [-0.4, -0.2) is 23.8 Å². The molecule has 0 atom stereocenters. The van der Waals surface area contributed by atoms with Crippen molar-refractivity contribution in [1.29, 1.82) is 0 Å². The fourth-order valence-electron chi connectivity index (χ4n) is 2.91. The summed E-state index contributed by atoms with van der Waals surface area (Å²) in [6.07, 6.45) is 3.97. The highest BCUT2D eigenvalue weighted by Gasteiger charge is 2.12. The average Bonchev–Trinajstić information content (AvgIpc) is 2.57. The molecule has 2 aromatic rings. The molecule has 1 fully saturated rings. The van der Waals surface area contributed by atoms with Crippen molar-refractivity contribution in [2.75, 3.05) is 13.1 Å². The number of carbonyl (C=O) groups is 1. The van der Waals surface area contributed by atoms with Crippen molar-refractivity contribution in [3.05, 3.63) is 69.7 Å². The number of piperidine rings is 1. The van der Waals surface area contributed by atoms with Crippen molar-refractivity contribution >= 4 is 21.7 Å². The molecule has 2 nitrogen and oxygen atoms in total. The molecular weight excluding hydrogens is 338 g/mol. The summed E-state index contributed by atoms with van der Waals surface area (Å²) in [5, 5.41) is 0. The zero-order chi connectivity index (χ0) is 15.4. The van der Waals surface area contributed by atoms with Crippen molar-refractivity contribution in [3.63, 3.8) is 0 Å². The highest BCUT2D eigenvalue weighted by molar-refractivity contribution is 9.10. The van der Waals surface area contributed by atoms with Crippen LogP contribution in [-0.2, 0) is 6.54 Å². The van der Waals surface area contributed by atoms with Crippen molar-refractivity contribution in [3.8, 4) is 0 Å². The number of hydrogen-bond donors (Lipinski definition) is 0. The summed E-state index contributed by atoms with van der Waals surface area (Å²) in [6, 6.07) is 15.6. The summed E-state index contributed by atoms with van der Waals surface area (Å²) in [5.74, 6) is 0.0806. The Morgan fingerprint density at radius 2 is 1.41 bits per heavy atom. The zero-order valence-corrected chi connectivity index (χ0v) is 14.2. The van der Waals surface area contributed by atoms with Gasteiger partial charge in [-0.2, -0.15) is 0 Å². The maximum absolute atomic E-state index is 12.4. The van der Waals surface area contributed by atoms with E-state index in [2.05, 4.69) is 33.0 Å². The van der Waals surface area contributed by atoms with E-state index in [-0.39, 0.29) is 5.78 Å². The van der Waals surface area contributed by atoms with Gasteiger partial charge in [-0.3, -0.25) is 9.69 Å². The predicted molar refractivity (Wildman–Crippen MR) is 93.1 cm³/mol. The second-order valence-corrected chi connectivity index (χ2v) is 6.79. The van der Waals surface area contributed by atoms with Crippen LogP contribution in [0.5, 0.6) is 0 Å². The molecule has 0 bridgehead atoms. The molecule has 2 aromatic carbocycles. The second kappa shape index (κ2) is 7.21. The highest BCUT2D eigenvalue weighted by Crippen LogP contribution is 2.17. The molecule has 1 saturated heterocycles. The molecule has 1 aliphatic heterocycles. The third kappa shape index (κ3) is 3.84. The minimum absolute atomic E-state index is 0.0806. The monoisotopic (exact) mass is 357 g/mol. The van der Waals surface area contributed by atoms with Crippen LogP contribution in [0.25, 0.3) is 0 Å². The van der Waals surface area contributed by atoms with E-state index in [1.165, 1.54) is 37.9 Å². The van der Waals surface area contributed by atoms with E-state index >= 15 is 0 Å². The van der Waals surface area contributed by atoms with Crippen LogP contribution in [0.1, 0.15) is 40.7 Å². The first-order valence-electron chi connectivity index (χ1n) is 7.84. The molecule has 0 amide bonds. The molecule has 0 saturated carbocycles. The predicted octanol–water partition coefficient (Wildman–Crippen LogP) is 4.67. The Morgan fingerprint density at radius 3 is 2.00 bits per heavy atom. The average molecular weight is 358 g/mol. The van der Waals surface area contributed by atoms with Crippen molar-refractivity contribution in [2.45, 2.75) is 25.8 Å². The lowest BCUT2D eigenvalue weighted by molar-refractivity contribution is 0.103. The Kier molecular flexibility index (Phi) is 5.06. The Morgan fingerprint density at radius 1 is 0.864 bits per heavy atom. The lowest BCUT2D eigenvalue weighted by atomic mass is 10.0. The van der Waals surface area contributed by atoms with Crippen LogP contribution in [0.15, 0.2) is 53.0 Å². The van der Waals surface area contributed by atoms with Crippen LogP contribution in [0.4, 0.5) is 0 Å². The molecule has 3 heteroatoms. The molecule has 0 aliphatic carbocycles. The van der Waals surface area contributed by atoms with Crippen LogP contribution in [0, 0.1) is 0 Å². The largest absolute Gasteiger partial charge is 0.299 e. The normalized spacial score (nSPS) is 15.7. The Hall–Kier alpha value is -1.45. The van der Waals surface area contributed by atoms with E-state index in [0.29, 0.717) is 0 Å². The van der Waals surface area contributed by atoms with Gasteiger partial charge in [-0.05, 0) is 55.8 Å². The van der Waals surface area contributed by atoms with Crippen molar-refractivity contribution < 1.29 is 4.79 Å². The number of rotatable bonds is 4. The zero-order valence-electron chi connectivity index (χ0n) is 12.6. The summed E-state index contributed by atoms with van der Waals surface area (Å²) in [5.41, 5.74) is 2.77. The first-order chi connectivity index (χ1) is 10.7. The third-order valence-corrected chi connectivity index (χ3v) is 4.71. The first kappa shape index (κ1) is 15.4. The van der Waals surface area contributed by atoms with Crippen LogP contribution >= 0.6 is 15.9 Å². The smallest absolute Gasteiger partial charge is 0.193 e. The third-order valence-electron chi connectivity index (χ3n) is 4.18.